The van der Waals surface area contributed by atoms with E-state index >= 15 is 0 Å². The van der Waals surface area contributed by atoms with Crippen molar-refractivity contribution in [3.63, 3.8) is 0 Å². The summed E-state index contributed by atoms with van der Waals surface area (Å²) < 4.78 is 0. The van der Waals surface area contributed by atoms with Crippen LogP contribution in [0.1, 0.15) is 42.3 Å². The minimum absolute atomic E-state index is 0.0535. The highest BCUT2D eigenvalue weighted by Crippen LogP contribution is 2.33. The molecule has 1 aliphatic rings. The molecule has 2 aromatic carbocycles. The monoisotopic (exact) mass is 441 g/mol. The molecule has 1 atom stereocenters. The molecule has 1 N–H and O–H groups in total. The molecule has 0 bridgehead atoms. The Morgan fingerprint density at radius 2 is 1.91 bits per heavy atom. The van der Waals surface area contributed by atoms with E-state index in [0.717, 1.165) is 37.3 Å². The van der Waals surface area contributed by atoms with Gasteiger partial charge in [0.2, 0.25) is 5.91 Å². The van der Waals surface area contributed by atoms with Gasteiger partial charge in [-0.1, -0.05) is 54.6 Å². The lowest BCUT2D eigenvalue weighted by Gasteiger charge is -2.23. The highest BCUT2D eigenvalue weighted by atomic mass is 32.1. The van der Waals surface area contributed by atoms with E-state index in [1.165, 1.54) is 27.1 Å². The average Bonchev–Trinajstić information content (AvgIpc) is 3.58. The van der Waals surface area contributed by atoms with Gasteiger partial charge in [0.25, 0.3) is 0 Å². The molecule has 1 amide bonds. The summed E-state index contributed by atoms with van der Waals surface area (Å²) in [5, 5.41) is 2.15. The molecule has 5 heteroatoms. The highest BCUT2D eigenvalue weighted by molar-refractivity contribution is 7.13. The fourth-order valence-electron chi connectivity index (χ4n) is 4.44. The molecule has 2 aromatic heterocycles. The lowest BCUT2D eigenvalue weighted by Crippen LogP contribution is -2.31. The summed E-state index contributed by atoms with van der Waals surface area (Å²) in [4.78, 5) is 24.4. The van der Waals surface area contributed by atoms with Crippen LogP contribution < -0.4 is 0 Å². The number of rotatable bonds is 6. The summed E-state index contributed by atoms with van der Waals surface area (Å²) >= 11 is 1.72. The Morgan fingerprint density at radius 3 is 2.66 bits per heavy atom. The first kappa shape index (κ1) is 20.7. The first-order valence-corrected chi connectivity index (χ1v) is 12.1. The third-order valence-corrected chi connectivity index (χ3v) is 7.25. The minimum atomic E-state index is 0.0535. The van der Waals surface area contributed by atoms with E-state index in [-0.39, 0.29) is 11.9 Å². The van der Waals surface area contributed by atoms with Crippen molar-refractivity contribution < 1.29 is 4.79 Å². The van der Waals surface area contributed by atoms with Crippen LogP contribution in [0.3, 0.4) is 0 Å². The SMILES string of the molecule is Cc1csc(-c2cnc([C@@H]3CCCN3C(=O)CCc3ccc(-c4ccccc4)cc3)[nH]2)c1. The molecule has 0 saturated carbocycles. The molecule has 32 heavy (non-hydrogen) atoms. The number of aromatic amines is 1. The Labute approximate surface area is 193 Å². The molecule has 1 saturated heterocycles. The van der Waals surface area contributed by atoms with Gasteiger partial charge < -0.3 is 9.88 Å². The highest BCUT2D eigenvalue weighted by Gasteiger charge is 2.31. The minimum Gasteiger partial charge on any atom is -0.340 e. The second kappa shape index (κ2) is 9.13. The van der Waals surface area contributed by atoms with E-state index in [2.05, 4.69) is 76.9 Å². The molecule has 1 fully saturated rings. The van der Waals surface area contributed by atoms with Crippen LogP contribution in [-0.2, 0) is 11.2 Å². The lowest BCUT2D eigenvalue weighted by atomic mass is 10.0. The zero-order valence-electron chi connectivity index (χ0n) is 18.3. The van der Waals surface area contributed by atoms with E-state index in [4.69, 9.17) is 0 Å². The van der Waals surface area contributed by atoms with Crippen molar-refractivity contribution in [2.75, 3.05) is 6.54 Å². The third kappa shape index (κ3) is 4.39. The number of aryl methyl sites for hydroxylation is 2. The second-order valence-corrected chi connectivity index (χ2v) is 9.39. The van der Waals surface area contributed by atoms with Gasteiger partial charge in [-0.05, 0) is 59.9 Å². The van der Waals surface area contributed by atoms with Crippen LogP contribution >= 0.6 is 11.3 Å². The van der Waals surface area contributed by atoms with Gasteiger partial charge in [0, 0.05) is 13.0 Å². The number of nitrogens with one attached hydrogen (secondary N) is 1. The number of amides is 1. The molecule has 4 nitrogen and oxygen atoms in total. The van der Waals surface area contributed by atoms with E-state index in [9.17, 15) is 4.79 Å². The number of carbonyl (C=O) groups excluding carboxylic acids is 1. The lowest BCUT2D eigenvalue weighted by molar-refractivity contribution is -0.132. The summed E-state index contributed by atoms with van der Waals surface area (Å²) in [6, 6.07) is 21.2. The van der Waals surface area contributed by atoms with Gasteiger partial charge in [0.1, 0.15) is 5.82 Å². The fraction of sp³-hybridized carbons (Fsp3) is 0.259. The van der Waals surface area contributed by atoms with Gasteiger partial charge in [-0.2, -0.15) is 0 Å². The van der Waals surface area contributed by atoms with Crippen molar-refractivity contribution in [2.24, 2.45) is 0 Å². The van der Waals surface area contributed by atoms with Crippen molar-refractivity contribution in [1.82, 2.24) is 14.9 Å². The van der Waals surface area contributed by atoms with Crippen LogP contribution in [0, 0.1) is 6.92 Å². The van der Waals surface area contributed by atoms with Crippen molar-refractivity contribution in [3.8, 4) is 21.7 Å². The number of thiophene rings is 1. The van der Waals surface area contributed by atoms with Crippen molar-refractivity contribution in [2.45, 2.75) is 38.6 Å². The van der Waals surface area contributed by atoms with Crippen molar-refractivity contribution >= 4 is 17.2 Å². The van der Waals surface area contributed by atoms with Gasteiger partial charge in [-0.15, -0.1) is 11.3 Å². The summed E-state index contributed by atoms with van der Waals surface area (Å²) in [5.74, 6) is 1.12. The van der Waals surface area contributed by atoms with Crippen LogP contribution in [0.2, 0.25) is 0 Å². The molecule has 4 aromatic rings. The van der Waals surface area contributed by atoms with Crippen LogP contribution in [0.4, 0.5) is 0 Å². The fourth-order valence-corrected chi connectivity index (χ4v) is 5.31. The Morgan fingerprint density at radius 1 is 1.12 bits per heavy atom. The number of imidazole rings is 1. The van der Waals surface area contributed by atoms with Gasteiger partial charge in [0.05, 0.1) is 22.8 Å². The maximum absolute atomic E-state index is 13.1. The van der Waals surface area contributed by atoms with Crippen LogP contribution in [0.25, 0.3) is 21.7 Å². The number of H-pyrrole nitrogens is 1. The number of hydrogen-bond acceptors (Lipinski definition) is 3. The number of aromatic nitrogens is 2. The molecule has 0 radical (unpaired) electrons. The van der Waals surface area contributed by atoms with Crippen LogP contribution in [0.15, 0.2) is 72.2 Å². The van der Waals surface area contributed by atoms with E-state index in [0.29, 0.717) is 6.42 Å². The molecule has 3 heterocycles. The number of hydrogen-bond donors (Lipinski definition) is 1. The second-order valence-electron chi connectivity index (χ2n) is 8.48. The number of benzene rings is 2. The Kier molecular flexibility index (Phi) is 5.91. The Hall–Kier alpha value is -3.18. The van der Waals surface area contributed by atoms with Crippen molar-refractivity contribution in [3.05, 3.63) is 89.2 Å². The quantitative estimate of drug-likeness (QED) is 0.376. The normalized spacial score (nSPS) is 15.9. The Bertz CT molecular complexity index is 1190. The predicted octanol–water partition coefficient (Wildman–Crippen LogP) is 6.41. The van der Waals surface area contributed by atoms with Gasteiger partial charge >= 0.3 is 0 Å². The molecule has 0 aliphatic carbocycles. The maximum atomic E-state index is 13.1. The van der Waals surface area contributed by atoms with Gasteiger partial charge in [-0.3, -0.25) is 4.79 Å². The average molecular weight is 442 g/mol. The van der Waals surface area contributed by atoms with E-state index < -0.39 is 0 Å². The van der Waals surface area contributed by atoms with Gasteiger partial charge in [-0.25, -0.2) is 4.98 Å². The van der Waals surface area contributed by atoms with E-state index in [1.54, 1.807) is 11.3 Å². The summed E-state index contributed by atoms with van der Waals surface area (Å²) in [6.45, 7) is 2.91. The Balaban J connectivity index is 1.22. The van der Waals surface area contributed by atoms with Gasteiger partial charge in [0.15, 0.2) is 0 Å². The summed E-state index contributed by atoms with van der Waals surface area (Å²) in [7, 11) is 0. The molecule has 0 unspecified atom stereocenters. The molecule has 0 spiro atoms. The summed E-state index contributed by atoms with van der Waals surface area (Å²) in [5.41, 5.74) is 5.91. The molecular weight excluding hydrogens is 414 g/mol. The largest absolute Gasteiger partial charge is 0.340 e. The zero-order chi connectivity index (χ0) is 21.9. The van der Waals surface area contributed by atoms with Crippen LogP contribution in [0.5, 0.6) is 0 Å². The third-order valence-electron chi connectivity index (χ3n) is 6.17. The molecule has 162 valence electrons. The molecule has 5 rings (SSSR count). The van der Waals surface area contributed by atoms with E-state index in [1.807, 2.05) is 17.2 Å². The smallest absolute Gasteiger partial charge is 0.223 e. The number of carbonyl (C=O) groups is 1. The first-order valence-electron chi connectivity index (χ1n) is 11.2. The summed E-state index contributed by atoms with van der Waals surface area (Å²) in [6.07, 6.45) is 5.17. The number of nitrogens with zero attached hydrogens (tertiary/aromatic N) is 2. The molecule has 1 aliphatic heterocycles. The predicted molar refractivity (Wildman–Crippen MR) is 131 cm³/mol. The van der Waals surface area contributed by atoms with Crippen molar-refractivity contribution in [1.29, 1.82) is 0 Å². The topological polar surface area (TPSA) is 49.0 Å². The van der Waals surface area contributed by atoms with Crippen LogP contribution in [-0.4, -0.2) is 27.3 Å². The number of likely N-dealkylation sites (tertiary alicyclic amines) is 1. The zero-order valence-corrected chi connectivity index (χ0v) is 19.1. The first-order chi connectivity index (χ1) is 15.7. The standard InChI is InChI=1S/C27H27N3OS/c1-19-16-25(32-18-19)23-17-28-27(29-23)24-8-5-15-30(24)26(31)14-11-20-9-12-22(13-10-20)21-6-3-2-4-7-21/h2-4,6-7,9-10,12-13,16-18,24H,5,8,11,14-15H2,1H3,(H,28,29)/t24-/m0/s1. The molecular formula is C27H27N3OS. The maximum Gasteiger partial charge on any atom is 0.223 e.